The zero-order chi connectivity index (χ0) is 14.9. The summed E-state index contributed by atoms with van der Waals surface area (Å²) in [6, 6.07) is 4.02. The lowest BCUT2D eigenvalue weighted by molar-refractivity contribution is 0.102. The van der Waals surface area contributed by atoms with Crippen molar-refractivity contribution in [1.82, 2.24) is 9.59 Å². The average molecular weight is 354 g/mol. The molecule has 1 N–H and O–H groups in total. The second-order valence-corrected chi connectivity index (χ2v) is 6.64. The number of hydrogen-bond donors (Lipinski definition) is 1. The van der Waals surface area contributed by atoms with Crippen LogP contribution in [0.25, 0.3) is 0 Å². The fourth-order valence-corrected chi connectivity index (χ4v) is 3.46. The van der Waals surface area contributed by atoms with Crippen molar-refractivity contribution in [2.45, 2.75) is 33.6 Å². The first kappa shape index (κ1) is 15.1. The minimum atomic E-state index is -0.156. The second kappa shape index (κ2) is 6.01. The van der Waals surface area contributed by atoms with Crippen LogP contribution in [0.3, 0.4) is 0 Å². The van der Waals surface area contributed by atoms with E-state index in [1.165, 1.54) is 0 Å². The van der Waals surface area contributed by atoms with Crippen molar-refractivity contribution in [3.63, 3.8) is 0 Å². The van der Waals surface area contributed by atoms with Crippen molar-refractivity contribution in [1.29, 1.82) is 0 Å². The van der Waals surface area contributed by atoms with E-state index in [-0.39, 0.29) is 11.8 Å². The SMILES string of the molecule is Cc1cc(C)c(NC(=O)c2snnc2C(C)C)c(Br)c1. The van der Waals surface area contributed by atoms with Crippen LogP contribution in [0.1, 0.15) is 46.3 Å². The van der Waals surface area contributed by atoms with Crippen molar-refractivity contribution in [3.8, 4) is 0 Å². The molecule has 0 unspecified atom stereocenters. The number of carbonyl (C=O) groups is 1. The molecule has 2 rings (SSSR count). The maximum Gasteiger partial charge on any atom is 0.269 e. The molecular weight excluding hydrogens is 338 g/mol. The molecule has 0 aliphatic carbocycles. The van der Waals surface area contributed by atoms with Gasteiger partial charge in [-0.15, -0.1) is 5.10 Å². The van der Waals surface area contributed by atoms with Gasteiger partial charge in [0, 0.05) is 4.47 Å². The third-order valence-electron chi connectivity index (χ3n) is 2.94. The van der Waals surface area contributed by atoms with Gasteiger partial charge in [0.25, 0.3) is 5.91 Å². The molecule has 0 aliphatic rings. The van der Waals surface area contributed by atoms with E-state index in [4.69, 9.17) is 0 Å². The number of rotatable bonds is 3. The molecule has 2 aromatic rings. The van der Waals surface area contributed by atoms with Crippen molar-refractivity contribution >= 4 is 39.1 Å². The van der Waals surface area contributed by atoms with Gasteiger partial charge in [-0.25, -0.2) is 0 Å². The van der Waals surface area contributed by atoms with E-state index < -0.39 is 0 Å². The van der Waals surface area contributed by atoms with Gasteiger partial charge in [0.15, 0.2) is 0 Å². The Morgan fingerprint density at radius 1 is 1.35 bits per heavy atom. The van der Waals surface area contributed by atoms with E-state index in [2.05, 4.69) is 30.8 Å². The van der Waals surface area contributed by atoms with Crippen LogP contribution >= 0.6 is 27.5 Å². The number of nitrogens with zero attached hydrogens (tertiary/aromatic N) is 2. The van der Waals surface area contributed by atoms with Gasteiger partial charge in [0.1, 0.15) is 4.88 Å². The quantitative estimate of drug-likeness (QED) is 0.894. The summed E-state index contributed by atoms with van der Waals surface area (Å²) in [6.45, 7) is 8.00. The molecule has 0 atom stereocenters. The Morgan fingerprint density at radius 2 is 2.05 bits per heavy atom. The summed E-state index contributed by atoms with van der Waals surface area (Å²) in [6.07, 6.45) is 0. The lowest BCUT2D eigenvalue weighted by atomic mass is 10.1. The summed E-state index contributed by atoms with van der Waals surface area (Å²) in [7, 11) is 0. The Hall–Kier alpha value is -1.27. The van der Waals surface area contributed by atoms with Crippen molar-refractivity contribution in [2.75, 3.05) is 5.32 Å². The standard InChI is InChI=1S/C14H16BrN3OS/c1-7(2)11-13(20-18-17-11)14(19)16-12-9(4)5-8(3)6-10(12)15/h5-7H,1-4H3,(H,16,19). The van der Waals surface area contributed by atoms with E-state index in [0.29, 0.717) is 4.88 Å². The highest BCUT2D eigenvalue weighted by molar-refractivity contribution is 9.10. The number of aromatic nitrogens is 2. The monoisotopic (exact) mass is 353 g/mol. The molecule has 0 aliphatic heterocycles. The largest absolute Gasteiger partial charge is 0.320 e. The van der Waals surface area contributed by atoms with Gasteiger partial charge in [-0.2, -0.15) is 0 Å². The molecule has 0 fully saturated rings. The normalized spacial score (nSPS) is 10.9. The third kappa shape index (κ3) is 3.07. The van der Waals surface area contributed by atoms with Crippen molar-refractivity contribution < 1.29 is 4.79 Å². The zero-order valence-corrected chi connectivity index (χ0v) is 14.2. The highest BCUT2D eigenvalue weighted by atomic mass is 79.9. The highest BCUT2D eigenvalue weighted by Crippen LogP contribution is 2.29. The summed E-state index contributed by atoms with van der Waals surface area (Å²) < 4.78 is 4.77. The number of carbonyl (C=O) groups excluding carboxylic acids is 1. The van der Waals surface area contributed by atoms with Gasteiger partial charge in [0.05, 0.1) is 11.4 Å². The number of amides is 1. The minimum absolute atomic E-state index is 0.156. The molecule has 0 saturated carbocycles. The average Bonchev–Trinajstić information content (AvgIpc) is 2.82. The maximum absolute atomic E-state index is 12.4. The van der Waals surface area contributed by atoms with Crippen molar-refractivity contribution in [2.24, 2.45) is 0 Å². The first-order chi connectivity index (χ1) is 9.40. The van der Waals surface area contributed by atoms with E-state index in [0.717, 1.165) is 38.5 Å². The first-order valence-corrected chi connectivity index (χ1v) is 7.87. The summed E-state index contributed by atoms with van der Waals surface area (Å²) in [5.74, 6) is 0.0217. The maximum atomic E-state index is 12.4. The topological polar surface area (TPSA) is 54.9 Å². The van der Waals surface area contributed by atoms with Gasteiger partial charge >= 0.3 is 0 Å². The molecule has 106 valence electrons. The van der Waals surface area contributed by atoms with Gasteiger partial charge in [-0.1, -0.05) is 24.4 Å². The molecular formula is C14H16BrN3OS. The molecule has 1 aromatic carbocycles. The predicted octanol–water partition coefficient (Wildman–Crippen LogP) is 4.29. The van der Waals surface area contributed by atoms with E-state index in [1.54, 1.807) is 0 Å². The first-order valence-electron chi connectivity index (χ1n) is 6.30. The van der Waals surface area contributed by atoms with Gasteiger partial charge in [0.2, 0.25) is 0 Å². The molecule has 1 amide bonds. The molecule has 0 bridgehead atoms. The summed E-state index contributed by atoms with van der Waals surface area (Å²) in [5.41, 5.74) is 3.71. The van der Waals surface area contributed by atoms with Crippen LogP contribution in [0.5, 0.6) is 0 Å². The van der Waals surface area contributed by atoms with Crippen LogP contribution in [0, 0.1) is 13.8 Å². The van der Waals surface area contributed by atoms with E-state index in [1.807, 2.05) is 39.8 Å². The van der Waals surface area contributed by atoms with E-state index >= 15 is 0 Å². The molecule has 0 spiro atoms. The smallest absolute Gasteiger partial charge is 0.269 e. The van der Waals surface area contributed by atoms with Crippen LogP contribution in [0.2, 0.25) is 0 Å². The number of hydrogen-bond acceptors (Lipinski definition) is 4. The fraction of sp³-hybridized carbons (Fsp3) is 0.357. The molecule has 4 nitrogen and oxygen atoms in total. The third-order valence-corrected chi connectivity index (χ3v) is 4.30. The summed E-state index contributed by atoms with van der Waals surface area (Å²) in [5, 5.41) is 6.98. The molecule has 1 heterocycles. The number of aryl methyl sites for hydroxylation is 2. The number of nitrogens with one attached hydrogen (secondary N) is 1. The summed E-state index contributed by atoms with van der Waals surface area (Å²) in [4.78, 5) is 13.0. The Labute approximate surface area is 130 Å². The van der Waals surface area contributed by atoms with Crippen LogP contribution < -0.4 is 5.32 Å². The lowest BCUT2D eigenvalue weighted by Gasteiger charge is -2.12. The van der Waals surface area contributed by atoms with Gasteiger partial charge in [-0.3, -0.25) is 4.79 Å². The molecule has 1 aromatic heterocycles. The van der Waals surface area contributed by atoms with Crippen LogP contribution in [-0.2, 0) is 0 Å². The predicted molar refractivity (Wildman–Crippen MR) is 85.6 cm³/mol. The van der Waals surface area contributed by atoms with Gasteiger partial charge in [-0.05, 0) is 64.4 Å². The molecule has 0 radical (unpaired) electrons. The van der Waals surface area contributed by atoms with Crippen LogP contribution in [0.15, 0.2) is 16.6 Å². The number of benzene rings is 1. The van der Waals surface area contributed by atoms with Crippen LogP contribution in [0.4, 0.5) is 5.69 Å². The lowest BCUT2D eigenvalue weighted by Crippen LogP contribution is -2.14. The van der Waals surface area contributed by atoms with Gasteiger partial charge < -0.3 is 5.32 Å². The Morgan fingerprint density at radius 3 is 2.65 bits per heavy atom. The Balaban J connectivity index is 2.31. The zero-order valence-electron chi connectivity index (χ0n) is 11.8. The Bertz CT molecular complexity index is 629. The molecule has 20 heavy (non-hydrogen) atoms. The molecule has 6 heteroatoms. The summed E-state index contributed by atoms with van der Waals surface area (Å²) >= 11 is 4.63. The molecule has 0 saturated heterocycles. The van der Waals surface area contributed by atoms with E-state index in [9.17, 15) is 4.79 Å². The minimum Gasteiger partial charge on any atom is -0.320 e. The Kier molecular flexibility index (Phi) is 4.55. The number of halogens is 1. The highest BCUT2D eigenvalue weighted by Gasteiger charge is 2.20. The van der Waals surface area contributed by atoms with Crippen molar-refractivity contribution in [3.05, 3.63) is 38.3 Å². The fourth-order valence-electron chi connectivity index (χ4n) is 1.98. The number of anilines is 1. The van der Waals surface area contributed by atoms with Crippen LogP contribution in [-0.4, -0.2) is 15.5 Å². The second-order valence-electron chi connectivity index (χ2n) is 5.03.